The minimum absolute atomic E-state index is 0.294. The number of benzene rings is 4. The first-order valence-corrected chi connectivity index (χ1v) is 15.6. The highest BCUT2D eigenvalue weighted by Gasteiger charge is 2.07. The van der Waals surface area contributed by atoms with Gasteiger partial charge in [-0.3, -0.25) is 0 Å². The van der Waals surface area contributed by atoms with Crippen molar-refractivity contribution in [3.8, 4) is 46.3 Å². The smallest absolute Gasteiger partial charge is 0.330 e. The maximum atomic E-state index is 11.1. The Hall–Kier alpha value is -5.98. The molecule has 0 aliphatic rings. The molecule has 4 rings (SSSR count). The summed E-state index contributed by atoms with van der Waals surface area (Å²) in [6.45, 7) is 12.4. The molecule has 0 unspecified atom stereocenters. The molecule has 0 N–H and O–H groups in total. The monoisotopic (exact) mass is 638 g/mol. The van der Waals surface area contributed by atoms with Gasteiger partial charge >= 0.3 is 11.9 Å². The van der Waals surface area contributed by atoms with Crippen LogP contribution in [0.1, 0.15) is 46.2 Å². The number of ether oxygens (including phenoxy) is 4. The largest absolute Gasteiger partial charge is 0.493 e. The summed E-state index contributed by atoms with van der Waals surface area (Å²) in [5.41, 5.74) is 8.27. The van der Waals surface area contributed by atoms with E-state index in [2.05, 4.69) is 75.0 Å². The molecule has 0 aliphatic heterocycles. The molecule has 4 aromatic rings. The zero-order valence-corrected chi connectivity index (χ0v) is 27.3. The third kappa shape index (κ3) is 11.1. The standard InChI is InChI=1S/C42H38O6/c1-5-41(43)47-27-7-25-45-37-19-13-33(14-20-37)9-11-35-17-23-39(31(3)29-35)40-24-18-36(30-32(40)4)12-10-34-15-21-38(22-16-34)46-26-8-28-48-42(44)6-2/h5-6,13-24,29-30H,1-2,7-8,25-28H2,3-4H3. The molecular formula is C42H38O6. The summed E-state index contributed by atoms with van der Waals surface area (Å²) in [6.07, 6.45) is 3.49. The van der Waals surface area contributed by atoms with Crippen molar-refractivity contribution in [2.24, 2.45) is 0 Å². The number of esters is 2. The fourth-order valence-corrected chi connectivity index (χ4v) is 4.61. The minimum Gasteiger partial charge on any atom is -0.493 e. The van der Waals surface area contributed by atoms with Crippen LogP contribution < -0.4 is 9.47 Å². The van der Waals surface area contributed by atoms with Crippen LogP contribution in [0.4, 0.5) is 0 Å². The van der Waals surface area contributed by atoms with Crippen LogP contribution in [0.5, 0.6) is 11.5 Å². The van der Waals surface area contributed by atoms with Gasteiger partial charge in [0.1, 0.15) is 11.5 Å². The Morgan fingerprint density at radius 1 is 0.542 bits per heavy atom. The minimum atomic E-state index is -0.429. The van der Waals surface area contributed by atoms with Crippen molar-refractivity contribution >= 4 is 11.9 Å². The summed E-state index contributed by atoms with van der Waals surface area (Å²) in [7, 11) is 0. The predicted molar refractivity (Wildman–Crippen MR) is 189 cm³/mol. The van der Waals surface area contributed by atoms with Crippen molar-refractivity contribution in [1.82, 2.24) is 0 Å². The second-order valence-corrected chi connectivity index (χ2v) is 10.8. The topological polar surface area (TPSA) is 71.1 Å². The van der Waals surface area contributed by atoms with E-state index in [0.717, 1.165) is 68.2 Å². The molecule has 0 aliphatic carbocycles. The number of carbonyl (C=O) groups excluding carboxylic acids is 2. The number of carbonyl (C=O) groups is 2. The molecular weight excluding hydrogens is 600 g/mol. The maximum Gasteiger partial charge on any atom is 0.330 e. The van der Waals surface area contributed by atoms with Crippen LogP contribution in [0.2, 0.25) is 0 Å². The van der Waals surface area contributed by atoms with Crippen molar-refractivity contribution in [3.63, 3.8) is 0 Å². The van der Waals surface area contributed by atoms with E-state index in [1.54, 1.807) is 0 Å². The van der Waals surface area contributed by atoms with Gasteiger partial charge in [-0.2, -0.15) is 0 Å². The first-order chi connectivity index (χ1) is 23.3. The molecule has 0 heterocycles. The summed E-state index contributed by atoms with van der Waals surface area (Å²) in [5.74, 6) is 13.6. The Bertz CT molecular complexity index is 1720. The lowest BCUT2D eigenvalue weighted by Crippen LogP contribution is -2.06. The van der Waals surface area contributed by atoms with Gasteiger partial charge in [-0.15, -0.1) is 0 Å². The molecule has 48 heavy (non-hydrogen) atoms. The van der Waals surface area contributed by atoms with E-state index in [4.69, 9.17) is 18.9 Å². The van der Waals surface area contributed by atoms with Crippen LogP contribution in [-0.2, 0) is 19.1 Å². The van der Waals surface area contributed by atoms with E-state index in [9.17, 15) is 9.59 Å². The average Bonchev–Trinajstić information content (AvgIpc) is 3.10. The Kier molecular flexibility index (Phi) is 13.3. The molecule has 0 amide bonds. The van der Waals surface area contributed by atoms with E-state index < -0.39 is 11.9 Å². The van der Waals surface area contributed by atoms with Gasteiger partial charge in [-0.25, -0.2) is 9.59 Å². The second-order valence-electron chi connectivity index (χ2n) is 10.8. The van der Waals surface area contributed by atoms with Crippen molar-refractivity contribution in [2.45, 2.75) is 26.7 Å². The summed E-state index contributed by atoms with van der Waals surface area (Å²) < 4.78 is 21.3. The van der Waals surface area contributed by atoms with Gasteiger partial charge in [0, 0.05) is 47.2 Å². The first-order valence-electron chi connectivity index (χ1n) is 15.6. The molecule has 0 atom stereocenters. The fourth-order valence-electron chi connectivity index (χ4n) is 4.61. The first kappa shape index (κ1) is 34.9. The van der Waals surface area contributed by atoms with E-state index in [1.807, 2.05) is 60.7 Å². The molecule has 0 bridgehead atoms. The van der Waals surface area contributed by atoms with E-state index in [-0.39, 0.29) is 0 Å². The fraction of sp³-hybridized carbons (Fsp3) is 0.190. The Morgan fingerprint density at radius 3 is 1.25 bits per heavy atom. The number of aryl methyl sites for hydroxylation is 2. The molecule has 0 aromatic heterocycles. The summed E-state index contributed by atoms with van der Waals surface area (Å²) in [5, 5.41) is 0. The molecule has 0 saturated heterocycles. The summed E-state index contributed by atoms with van der Waals surface area (Å²) in [4.78, 5) is 22.1. The lowest BCUT2D eigenvalue weighted by molar-refractivity contribution is -0.138. The van der Waals surface area contributed by atoms with Crippen molar-refractivity contribution in [1.29, 1.82) is 0 Å². The van der Waals surface area contributed by atoms with E-state index in [0.29, 0.717) is 39.3 Å². The zero-order chi connectivity index (χ0) is 34.1. The quantitative estimate of drug-likeness (QED) is 0.0645. The van der Waals surface area contributed by atoms with Crippen LogP contribution in [0, 0.1) is 37.5 Å². The molecule has 0 saturated carbocycles. The van der Waals surface area contributed by atoms with Crippen LogP contribution in [0.15, 0.2) is 110 Å². The molecule has 6 heteroatoms. The van der Waals surface area contributed by atoms with Crippen molar-refractivity contribution in [2.75, 3.05) is 26.4 Å². The molecule has 0 fully saturated rings. The van der Waals surface area contributed by atoms with Crippen LogP contribution >= 0.6 is 0 Å². The molecule has 0 radical (unpaired) electrons. The van der Waals surface area contributed by atoms with Crippen molar-refractivity contribution < 1.29 is 28.5 Å². The lowest BCUT2D eigenvalue weighted by atomic mass is 9.94. The highest BCUT2D eigenvalue weighted by atomic mass is 16.5. The Morgan fingerprint density at radius 2 is 0.896 bits per heavy atom. The zero-order valence-electron chi connectivity index (χ0n) is 27.3. The van der Waals surface area contributed by atoms with Crippen LogP contribution in [-0.4, -0.2) is 38.4 Å². The molecule has 4 aromatic carbocycles. The lowest BCUT2D eigenvalue weighted by Gasteiger charge is -2.10. The summed E-state index contributed by atoms with van der Waals surface area (Å²) >= 11 is 0. The van der Waals surface area contributed by atoms with Gasteiger partial charge in [0.05, 0.1) is 26.4 Å². The van der Waals surface area contributed by atoms with Gasteiger partial charge < -0.3 is 18.9 Å². The number of hydrogen-bond donors (Lipinski definition) is 0. The number of hydrogen-bond acceptors (Lipinski definition) is 6. The highest BCUT2D eigenvalue weighted by molar-refractivity contribution is 5.81. The molecule has 6 nitrogen and oxygen atoms in total. The Labute approximate surface area is 283 Å². The normalized spacial score (nSPS) is 9.96. The van der Waals surface area contributed by atoms with Crippen LogP contribution in [0.3, 0.4) is 0 Å². The molecule has 242 valence electrons. The Balaban J connectivity index is 1.30. The third-order valence-corrected chi connectivity index (χ3v) is 7.09. The SMILES string of the molecule is C=CC(=O)OCCCOc1ccc(C#Cc2ccc(-c3ccc(C#Cc4ccc(OCCCOC(=O)C=C)cc4)cc3C)c(C)c2)cc1. The third-order valence-electron chi connectivity index (χ3n) is 7.09. The molecule has 0 spiro atoms. The maximum absolute atomic E-state index is 11.1. The average molecular weight is 639 g/mol. The van der Waals surface area contributed by atoms with Gasteiger partial charge in [0.15, 0.2) is 0 Å². The van der Waals surface area contributed by atoms with Crippen molar-refractivity contribution in [3.05, 3.63) is 144 Å². The van der Waals surface area contributed by atoms with E-state index >= 15 is 0 Å². The second kappa shape index (κ2) is 18.2. The van der Waals surface area contributed by atoms with Gasteiger partial charge in [-0.1, -0.05) is 49.0 Å². The van der Waals surface area contributed by atoms with Crippen LogP contribution in [0.25, 0.3) is 11.1 Å². The van der Waals surface area contributed by atoms with Gasteiger partial charge in [0.25, 0.3) is 0 Å². The predicted octanol–water partition coefficient (Wildman–Crippen LogP) is 7.77. The van der Waals surface area contributed by atoms with Gasteiger partial charge in [0.2, 0.25) is 0 Å². The summed E-state index contributed by atoms with van der Waals surface area (Å²) in [6, 6.07) is 27.8. The van der Waals surface area contributed by atoms with Gasteiger partial charge in [-0.05, 0) is 109 Å². The highest BCUT2D eigenvalue weighted by Crippen LogP contribution is 2.28. The van der Waals surface area contributed by atoms with E-state index in [1.165, 1.54) is 0 Å². The number of rotatable bonds is 13.